The fraction of sp³-hybridized carbons (Fsp3) is 0.364. The number of anilines is 1. The summed E-state index contributed by atoms with van der Waals surface area (Å²) in [7, 11) is 0. The van der Waals surface area contributed by atoms with Crippen LogP contribution in [0.2, 0.25) is 0 Å². The van der Waals surface area contributed by atoms with Gasteiger partial charge in [0.2, 0.25) is 0 Å². The summed E-state index contributed by atoms with van der Waals surface area (Å²) in [5.74, 6) is -0.110. The summed E-state index contributed by atoms with van der Waals surface area (Å²) in [4.78, 5) is 29.9. The number of para-hydroxylation sites is 2. The molecule has 2 aromatic rings. The predicted molar refractivity (Wildman–Crippen MR) is 113 cm³/mol. The minimum Gasteiger partial charge on any atom is -0.466 e. The number of hydrogen-bond donors (Lipinski definition) is 0. The molecule has 0 saturated carbocycles. The highest BCUT2D eigenvalue weighted by Crippen LogP contribution is 2.38. The molecular formula is C22H25N3O4. The molecule has 0 radical (unpaired) electrons. The van der Waals surface area contributed by atoms with E-state index >= 15 is 0 Å². The minimum absolute atomic E-state index is 0.0558. The van der Waals surface area contributed by atoms with Gasteiger partial charge in [-0.1, -0.05) is 38.1 Å². The Balaban J connectivity index is 1.99. The normalized spacial score (nSPS) is 15.7. The fourth-order valence-electron chi connectivity index (χ4n) is 3.56. The summed E-state index contributed by atoms with van der Waals surface area (Å²) in [6.45, 7) is 6.76. The van der Waals surface area contributed by atoms with E-state index < -0.39 is 4.92 Å². The highest BCUT2D eigenvalue weighted by Gasteiger charge is 2.33. The van der Waals surface area contributed by atoms with Gasteiger partial charge in [-0.15, -0.1) is 0 Å². The van der Waals surface area contributed by atoms with Crippen LogP contribution in [-0.4, -0.2) is 29.3 Å². The zero-order valence-corrected chi connectivity index (χ0v) is 16.9. The van der Waals surface area contributed by atoms with Crippen LogP contribution in [0, 0.1) is 16.0 Å². The second-order valence-electron chi connectivity index (χ2n) is 7.26. The summed E-state index contributed by atoms with van der Waals surface area (Å²) in [6.07, 6.45) is 0.201. The number of aliphatic imine (C=N–C) groups is 1. The third kappa shape index (κ3) is 4.62. The van der Waals surface area contributed by atoms with Crippen LogP contribution in [0.25, 0.3) is 0 Å². The zero-order valence-electron chi connectivity index (χ0n) is 16.9. The number of carbonyl (C=O) groups is 1. The molecule has 0 N–H and O–H groups in total. The zero-order chi connectivity index (χ0) is 21.0. The van der Waals surface area contributed by atoms with Crippen LogP contribution in [0.15, 0.2) is 53.5 Å². The summed E-state index contributed by atoms with van der Waals surface area (Å²) in [6, 6.07) is 14.1. The lowest BCUT2D eigenvalue weighted by atomic mass is 9.93. The standard InChI is InChI=1S/C22H25N3O4/c1-4-29-21(26)13-20-22(15(2)3)23-18-7-5-6-8-19(18)24(20)14-16-9-11-17(12-10-16)25(27)28/h5-12,15,20H,4,13-14H2,1-3H3. The number of nitro benzene ring substituents is 1. The molecule has 7 heteroatoms. The molecule has 1 heterocycles. The Bertz CT molecular complexity index is 922. The Kier molecular flexibility index (Phi) is 6.26. The van der Waals surface area contributed by atoms with E-state index in [1.165, 1.54) is 12.1 Å². The third-order valence-electron chi connectivity index (χ3n) is 4.92. The van der Waals surface area contributed by atoms with E-state index in [1.54, 1.807) is 19.1 Å². The first-order valence-corrected chi connectivity index (χ1v) is 9.73. The maximum Gasteiger partial charge on any atom is 0.308 e. The van der Waals surface area contributed by atoms with Crippen LogP contribution in [0.3, 0.4) is 0 Å². The van der Waals surface area contributed by atoms with E-state index in [4.69, 9.17) is 9.73 Å². The van der Waals surface area contributed by atoms with Gasteiger partial charge in [0.05, 0.1) is 35.4 Å². The van der Waals surface area contributed by atoms with Crippen molar-refractivity contribution in [2.45, 2.75) is 39.8 Å². The highest BCUT2D eigenvalue weighted by molar-refractivity contribution is 6.01. The molecule has 0 amide bonds. The van der Waals surface area contributed by atoms with Crippen molar-refractivity contribution >= 4 is 28.7 Å². The summed E-state index contributed by atoms with van der Waals surface area (Å²) < 4.78 is 5.21. The minimum atomic E-state index is -0.410. The van der Waals surface area contributed by atoms with Crippen LogP contribution < -0.4 is 4.90 Å². The average molecular weight is 395 g/mol. The molecule has 2 aromatic carbocycles. The number of fused-ring (bicyclic) bond motifs is 1. The molecule has 29 heavy (non-hydrogen) atoms. The molecule has 1 aliphatic heterocycles. The number of esters is 1. The van der Waals surface area contributed by atoms with Gasteiger partial charge in [-0.25, -0.2) is 0 Å². The average Bonchev–Trinajstić information content (AvgIpc) is 2.69. The Hall–Kier alpha value is -3.22. The van der Waals surface area contributed by atoms with Gasteiger partial charge in [0.1, 0.15) is 0 Å². The van der Waals surface area contributed by atoms with E-state index in [9.17, 15) is 14.9 Å². The van der Waals surface area contributed by atoms with Crippen molar-refractivity contribution in [3.63, 3.8) is 0 Å². The van der Waals surface area contributed by atoms with Gasteiger partial charge in [-0.05, 0) is 30.5 Å². The van der Waals surface area contributed by atoms with Crippen molar-refractivity contribution in [2.75, 3.05) is 11.5 Å². The molecule has 1 aliphatic rings. The molecule has 0 aliphatic carbocycles. The van der Waals surface area contributed by atoms with Crippen LogP contribution in [0.1, 0.15) is 32.8 Å². The van der Waals surface area contributed by atoms with E-state index in [-0.39, 0.29) is 30.0 Å². The molecule has 1 atom stereocenters. The Labute approximate surface area is 170 Å². The molecule has 1 unspecified atom stereocenters. The number of ether oxygens (including phenoxy) is 1. The molecule has 0 fully saturated rings. The molecule has 0 spiro atoms. The van der Waals surface area contributed by atoms with E-state index in [0.29, 0.717) is 13.2 Å². The molecule has 0 aromatic heterocycles. The molecule has 3 rings (SSSR count). The predicted octanol–water partition coefficient (Wildman–Crippen LogP) is 4.67. The van der Waals surface area contributed by atoms with Gasteiger partial charge < -0.3 is 9.64 Å². The second-order valence-corrected chi connectivity index (χ2v) is 7.26. The molecule has 0 saturated heterocycles. The van der Waals surface area contributed by atoms with Gasteiger partial charge in [0.25, 0.3) is 5.69 Å². The second kappa shape index (κ2) is 8.86. The van der Waals surface area contributed by atoms with Crippen molar-refractivity contribution in [1.29, 1.82) is 0 Å². The Morgan fingerprint density at radius 1 is 1.21 bits per heavy atom. The smallest absolute Gasteiger partial charge is 0.308 e. The van der Waals surface area contributed by atoms with Crippen molar-refractivity contribution in [3.8, 4) is 0 Å². The van der Waals surface area contributed by atoms with Gasteiger partial charge in [0.15, 0.2) is 0 Å². The topological polar surface area (TPSA) is 85.0 Å². The van der Waals surface area contributed by atoms with Crippen molar-refractivity contribution in [1.82, 2.24) is 0 Å². The van der Waals surface area contributed by atoms with Gasteiger partial charge >= 0.3 is 5.97 Å². The van der Waals surface area contributed by atoms with Gasteiger partial charge in [0, 0.05) is 24.4 Å². The maximum absolute atomic E-state index is 12.3. The van der Waals surface area contributed by atoms with Crippen LogP contribution >= 0.6 is 0 Å². The fourth-order valence-corrected chi connectivity index (χ4v) is 3.56. The monoisotopic (exact) mass is 395 g/mol. The Morgan fingerprint density at radius 2 is 1.90 bits per heavy atom. The van der Waals surface area contributed by atoms with E-state index in [0.717, 1.165) is 22.6 Å². The van der Waals surface area contributed by atoms with Crippen molar-refractivity contribution in [3.05, 3.63) is 64.2 Å². The molecule has 152 valence electrons. The number of rotatable bonds is 7. The first kappa shape index (κ1) is 20.5. The summed E-state index contributed by atoms with van der Waals surface area (Å²) >= 11 is 0. The SMILES string of the molecule is CCOC(=O)CC1C(C(C)C)=Nc2ccccc2N1Cc1ccc([N+](=O)[O-])cc1. The number of nitrogens with zero attached hydrogens (tertiary/aromatic N) is 3. The summed E-state index contributed by atoms with van der Waals surface area (Å²) in [5.41, 5.74) is 3.70. The van der Waals surface area contributed by atoms with Gasteiger partial charge in [-0.3, -0.25) is 19.9 Å². The summed E-state index contributed by atoms with van der Waals surface area (Å²) in [5, 5.41) is 10.9. The lowest BCUT2D eigenvalue weighted by Crippen LogP contribution is -2.46. The van der Waals surface area contributed by atoms with E-state index in [1.807, 2.05) is 24.3 Å². The molecule has 0 bridgehead atoms. The van der Waals surface area contributed by atoms with Gasteiger partial charge in [-0.2, -0.15) is 0 Å². The van der Waals surface area contributed by atoms with Crippen LogP contribution in [0.5, 0.6) is 0 Å². The highest BCUT2D eigenvalue weighted by atomic mass is 16.6. The number of nitro groups is 1. The molecular weight excluding hydrogens is 370 g/mol. The lowest BCUT2D eigenvalue weighted by molar-refractivity contribution is -0.384. The third-order valence-corrected chi connectivity index (χ3v) is 4.92. The van der Waals surface area contributed by atoms with Crippen molar-refractivity contribution < 1.29 is 14.5 Å². The first-order valence-electron chi connectivity index (χ1n) is 9.73. The van der Waals surface area contributed by atoms with E-state index in [2.05, 4.69) is 18.7 Å². The lowest BCUT2D eigenvalue weighted by Gasteiger charge is -2.39. The number of non-ortho nitro benzene ring substituents is 1. The maximum atomic E-state index is 12.3. The molecule has 7 nitrogen and oxygen atoms in total. The van der Waals surface area contributed by atoms with Crippen LogP contribution in [0.4, 0.5) is 17.1 Å². The quantitative estimate of drug-likeness (QED) is 0.386. The van der Waals surface area contributed by atoms with Crippen molar-refractivity contribution in [2.24, 2.45) is 10.9 Å². The number of hydrogen-bond acceptors (Lipinski definition) is 6. The largest absolute Gasteiger partial charge is 0.466 e. The first-order chi connectivity index (χ1) is 13.9. The number of carbonyl (C=O) groups excluding carboxylic acids is 1. The van der Waals surface area contributed by atoms with Crippen LogP contribution in [-0.2, 0) is 16.1 Å². The Morgan fingerprint density at radius 3 is 2.52 bits per heavy atom. The number of benzene rings is 2.